The molecule has 6 heteroatoms. The zero-order valence-corrected chi connectivity index (χ0v) is 13.0. The molecule has 5 nitrogen and oxygen atoms in total. The van der Waals surface area contributed by atoms with Crippen LogP contribution in [0.5, 0.6) is 5.75 Å². The van der Waals surface area contributed by atoms with Crippen molar-refractivity contribution in [2.75, 3.05) is 12.3 Å². The van der Waals surface area contributed by atoms with Crippen LogP contribution in [0.4, 0.5) is 5.82 Å². The molecule has 0 radical (unpaired) electrons. The van der Waals surface area contributed by atoms with Gasteiger partial charge in [-0.15, -0.1) is 0 Å². The third-order valence-electron chi connectivity index (χ3n) is 4.32. The van der Waals surface area contributed by atoms with Crippen LogP contribution in [0.3, 0.4) is 0 Å². The quantitative estimate of drug-likeness (QED) is 0.806. The van der Waals surface area contributed by atoms with Crippen molar-refractivity contribution < 1.29 is 14.9 Å². The fourth-order valence-corrected chi connectivity index (χ4v) is 3.13. The van der Waals surface area contributed by atoms with Gasteiger partial charge in [-0.1, -0.05) is 18.5 Å². The van der Waals surface area contributed by atoms with Gasteiger partial charge in [-0.3, -0.25) is 0 Å². The van der Waals surface area contributed by atoms with E-state index in [0.29, 0.717) is 22.9 Å². The number of rotatable bonds is 3. The fourth-order valence-electron chi connectivity index (χ4n) is 2.97. The predicted octanol–water partition coefficient (Wildman–Crippen LogP) is 2.23. The highest BCUT2D eigenvalue weighted by Crippen LogP contribution is 2.32. The number of aliphatic hydroxyl groups excluding tert-OH is 2. The van der Waals surface area contributed by atoms with Gasteiger partial charge in [-0.05, 0) is 30.5 Å². The monoisotopic (exact) mass is 322 g/mol. The standard InChI is InChI=1S/C16H19ClN2O3/c1-8-4-10(15(21)14(8)20)7-22-11-3-2-9-5-12(17)16(18)19-13(9)6-11/h2-3,5-6,8,10,14-15,20-21H,4,7H2,1H3,(H2,18,19)/t8-,10-,14+,15-/m1/s1. The number of pyridine rings is 1. The van der Waals surface area contributed by atoms with Gasteiger partial charge < -0.3 is 20.7 Å². The number of nitrogen functional groups attached to an aromatic ring is 1. The molecule has 0 aliphatic heterocycles. The second kappa shape index (κ2) is 5.91. The summed E-state index contributed by atoms with van der Waals surface area (Å²) >= 11 is 5.95. The summed E-state index contributed by atoms with van der Waals surface area (Å²) in [6, 6.07) is 7.26. The lowest BCUT2D eigenvalue weighted by Crippen LogP contribution is -2.30. The number of fused-ring (bicyclic) bond motifs is 1. The largest absolute Gasteiger partial charge is 0.493 e. The van der Waals surface area contributed by atoms with Crippen molar-refractivity contribution in [2.24, 2.45) is 11.8 Å². The number of aromatic nitrogens is 1. The predicted molar refractivity (Wildman–Crippen MR) is 85.9 cm³/mol. The highest BCUT2D eigenvalue weighted by atomic mass is 35.5. The van der Waals surface area contributed by atoms with Crippen molar-refractivity contribution in [1.82, 2.24) is 4.98 Å². The highest BCUT2D eigenvalue weighted by molar-refractivity contribution is 6.33. The van der Waals surface area contributed by atoms with Gasteiger partial charge in [0.15, 0.2) is 0 Å². The van der Waals surface area contributed by atoms with Gasteiger partial charge in [0.1, 0.15) is 11.6 Å². The molecule has 0 unspecified atom stereocenters. The van der Waals surface area contributed by atoms with E-state index in [1.54, 1.807) is 12.1 Å². The Bertz CT molecular complexity index is 694. The SMILES string of the molecule is C[C@@H]1C[C@H](COc2ccc3cc(Cl)c(N)nc3c2)[C@@H](O)[C@H]1O. The summed E-state index contributed by atoms with van der Waals surface area (Å²) in [5.41, 5.74) is 6.42. The molecule has 3 rings (SSSR count). The lowest BCUT2D eigenvalue weighted by atomic mass is 10.1. The minimum atomic E-state index is -0.733. The average molecular weight is 323 g/mol. The third kappa shape index (κ3) is 2.84. The number of benzene rings is 1. The van der Waals surface area contributed by atoms with Crippen molar-refractivity contribution >= 4 is 28.3 Å². The molecule has 1 heterocycles. The number of halogens is 1. The molecule has 0 amide bonds. The molecule has 1 aromatic heterocycles. The van der Waals surface area contributed by atoms with Crippen LogP contribution in [0.1, 0.15) is 13.3 Å². The Morgan fingerprint density at radius 3 is 2.77 bits per heavy atom. The maximum absolute atomic E-state index is 9.97. The summed E-state index contributed by atoms with van der Waals surface area (Å²) in [4.78, 5) is 4.23. The Labute approximate surface area is 133 Å². The number of hydrogen-bond acceptors (Lipinski definition) is 5. The maximum atomic E-state index is 9.97. The number of anilines is 1. The maximum Gasteiger partial charge on any atom is 0.142 e. The van der Waals surface area contributed by atoms with Gasteiger partial charge >= 0.3 is 0 Å². The molecule has 1 aliphatic carbocycles. The summed E-state index contributed by atoms with van der Waals surface area (Å²) in [5.74, 6) is 0.963. The van der Waals surface area contributed by atoms with E-state index < -0.39 is 12.2 Å². The molecule has 1 aliphatic rings. The average Bonchev–Trinajstić information content (AvgIpc) is 2.73. The van der Waals surface area contributed by atoms with Gasteiger partial charge in [0.05, 0.1) is 29.4 Å². The van der Waals surface area contributed by atoms with Crippen LogP contribution in [-0.4, -0.2) is 34.0 Å². The first-order valence-corrected chi connectivity index (χ1v) is 7.68. The van der Waals surface area contributed by atoms with Crippen molar-refractivity contribution in [3.05, 3.63) is 29.3 Å². The highest BCUT2D eigenvalue weighted by Gasteiger charge is 2.39. The van der Waals surface area contributed by atoms with Crippen LogP contribution in [0.25, 0.3) is 10.9 Å². The van der Waals surface area contributed by atoms with Crippen LogP contribution in [0.15, 0.2) is 24.3 Å². The Kier molecular flexibility index (Phi) is 4.12. The molecule has 118 valence electrons. The molecule has 2 aromatic rings. The van der Waals surface area contributed by atoms with E-state index in [-0.39, 0.29) is 17.7 Å². The van der Waals surface area contributed by atoms with Gasteiger partial charge in [-0.2, -0.15) is 0 Å². The normalized spacial score (nSPS) is 28.2. The van der Waals surface area contributed by atoms with Gasteiger partial charge in [0, 0.05) is 17.4 Å². The number of aliphatic hydroxyl groups is 2. The van der Waals surface area contributed by atoms with E-state index in [9.17, 15) is 10.2 Å². The van der Waals surface area contributed by atoms with Crippen LogP contribution in [-0.2, 0) is 0 Å². The number of nitrogens with two attached hydrogens (primary N) is 1. The molecule has 0 spiro atoms. The van der Waals surface area contributed by atoms with Crippen LogP contribution in [0.2, 0.25) is 5.02 Å². The second-order valence-corrected chi connectivity index (χ2v) is 6.38. The van der Waals surface area contributed by atoms with Crippen molar-refractivity contribution in [3.8, 4) is 5.75 Å². The molecular formula is C16H19ClN2O3. The van der Waals surface area contributed by atoms with E-state index in [1.165, 1.54) is 0 Å². The summed E-state index contributed by atoms with van der Waals surface area (Å²) in [6.07, 6.45) is -0.659. The molecule has 4 atom stereocenters. The molecule has 22 heavy (non-hydrogen) atoms. The van der Waals surface area contributed by atoms with Crippen molar-refractivity contribution in [2.45, 2.75) is 25.6 Å². The zero-order valence-electron chi connectivity index (χ0n) is 12.2. The van der Waals surface area contributed by atoms with Crippen LogP contribution >= 0.6 is 11.6 Å². The third-order valence-corrected chi connectivity index (χ3v) is 4.63. The molecule has 1 saturated carbocycles. The Hall–Kier alpha value is -1.56. The zero-order chi connectivity index (χ0) is 15.9. The summed E-state index contributed by atoms with van der Waals surface area (Å²) in [5, 5.41) is 21.1. The summed E-state index contributed by atoms with van der Waals surface area (Å²) < 4.78 is 5.75. The van der Waals surface area contributed by atoms with Crippen molar-refractivity contribution in [3.63, 3.8) is 0 Å². The molecule has 4 N–H and O–H groups in total. The Morgan fingerprint density at radius 2 is 2.09 bits per heavy atom. The van der Waals surface area contributed by atoms with Crippen LogP contribution in [0, 0.1) is 11.8 Å². The lowest BCUT2D eigenvalue weighted by molar-refractivity contribution is -0.00141. The number of nitrogens with zero attached hydrogens (tertiary/aromatic N) is 1. The minimum Gasteiger partial charge on any atom is -0.493 e. The first-order valence-electron chi connectivity index (χ1n) is 7.30. The smallest absolute Gasteiger partial charge is 0.142 e. The minimum absolute atomic E-state index is 0.0658. The number of hydrogen-bond donors (Lipinski definition) is 3. The Balaban J connectivity index is 1.73. The van der Waals surface area contributed by atoms with E-state index in [4.69, 9.17) is 22.1 Å². The Morgan fingerprint density at radius 1 is 1.32 bits per heavy atom. The van der Waals surface area contributed by atoms with Gasteiger partial charge in [0.25, 0.3) is 0 Å². The topological polar surface area (TPSA) is 88.6 Å². The van der Waals surface area contributed by atoms with Gasteiger partial charge in [-0.25, -0.2) is 4.98 Å². The van der Waals surface area contributed by atoms with E-state index in [2.05, 4.69) is 4.98 Å². The van der Waals surface area contributed by atoms with Crippen LogP contribution < -0.4 is 10.5 Å². The van der Waals surface area contributed by atoms with Crippen molar-refractivity contribution in [1.29, 1.82) is 0 Å². The molecule has 1 aromatic carbocycles. The molecular weight excluding hydrogens is 304 g/mol. The van der Waals surface area contributed by atoms with E-state index in [1.807, 2.05) is 19.1 Å². The first kappa shape index (κ1) is 15.3. The lowest BCUT2D eigenvalue weighted by Gasteiger charge is -2.17. The number of ether oxygens (including phenoxy) is 1. The van der Waals surface area contributed by atoms with E-state index >= 15 is 0 Å². The molecule has 1 fully saturated rings. The first-order chi connectivity index (χ1) is 10.5. The van der Waals surface area contributed by atoms with Gasteiger partial charge in [0.2, 0.25) is 0 Å². The summed E-state index contributed by atoms with van der Waals surface area (Å²) in [7, 11) is 0. The summed E-state index contributed by atoms with van der Waals surface area (Å²) in [6.45, 7) is 2.29. The van der Waals surface area contributed by atoms with E-state index in [0.717, 1.165) is 11.8 Å². The molecule has 0 saturated heterocycles. The molecule has 0 bridgehead atoms. The fraction of sp³-hybridized carbons (Fsp3) is 0.438. The second-order valence-electron chi connectivity index (χ2n) is 5.98.